The Labute approximate surface area is 122 Å². The number of carbonyl (C=O) groups excluding carboxylic acids is 1. The molecule has 1 amide bonds. The molecule has 0 saturated heterocycles. The summed E-state index contributed by atoms with van der Waals surface area (Å²) in [4.78, 5) is 12.5. The van der Waals surface area contributed by atoms with Crippen LogP contribution in [0.1, 0.15) is 37.0 Å². The largest absolute Gasteiger partial charge is 0.508 e. The fraction of sp³-hybridized carbons (Fsp3) is 0.385. The summed E-state index contributed by atoms with van der Waals surface area (Å²) >= 11 is 11.0. The molecule has 0 fully saturated rings. The van der Waals surface area contributed by atoms with Crippen LogP contribution in [0.2, 0.25) is 5.02 Å². The van der Waals surface area contributed by atoms with Gasteiger partial charge in [-0.2, -0.15) is 0 Å². The number of carbonyl (C=O) groups is 1. The van der Waals surface area contributed by atoms with E-state index in [9.17, 15) is 9.90 Å². The van der Waals surface area contributed by atoms with Crippen LogP contribution in [0.25, 0.3) is 0 Å². The first-order chi connectivity index (χ1) is 8.86. The van der Waals surface area contributed by atoms with Gasteiger partial charge in [-0.25, -0.2) is 0 Å². The highest BCUT2D eigenvalue weighted by atomic mass is 35.5. The number of halogens is 1. The van der Waals surface area contributed by atoms with Crippen LogP contribution in [0.3, 0.4) is 0 Å². The van der Waals surface area contributed by atoms with Gasteiger partial charge in [-0.1, -0.05) is 37.7 Å². The van der Waals surface area contributed by atoms with Crippen LogP contribution in [0.4, 0.5) is 0 Å². The Morgan fingerprint density at radius 2 is 2.05 bits per heavy atom. The van der Waals surface area contributed by atoms with E-state index < -0.39 is 11.4 Å². The van der Waals surface area contributed by atoms with Gasteiger partial charge >= 0.3 is 0 Å². The molecule has 0 heterocycles. The van der Waals surface area contributed by atoms with Gasteiger partial charge < -0.3 is 16.2 Å². The van der Waals surface area contributed by atoms with Crippen molar-refractivity contribution >= 4 is 34.7 Å². The summed E-state index contributed by atoms with van der Waals surface area (Å²) < 4.78 is 0. The number of hydrogen-bond donors (Lipinski definition) is 3. The lowest BCUT2D eigenvalue weighted by atomic mass is 9.92. The van der Waals surface area contributed by atoms with E-state index in [4.69, 9.17) is 29.6 Å². The Kier molecular flexibility index (Phi) is 5.14. The van der Waals surface area contributed by atoms with E-state index in [0.29, 0.717) is 12.8 Å². The first kappa shape index (κ1) is 15.7. The monoisotopic (exact) mass is 300 g/mol. The maximum absolute atomic E-state index is 12.2. The van der Waals surface area contributed by atoms with Gasteiger partial charge in [-0.05, 0) is 31.0 Å². The fourth-order valence-corrected chi connectivity index (χ4v) is 2.35. The van der Waals surface area contributed by atoms with Gasteiger partial charge in [0.2, 0.25) is 0 Å². The van der Waals surface area contributed by atoms with Gasteiger partial charge in [0.1, 0.15) is 5.75 Å². The minimum Gasteiger partial charge on any atom is -0.508 e. The zero-order valence-electron chi connectivity index (χ0n) is 10.9. The van der Waals surface area contributed by atoms with Crippen LogP contribution < -0.4 is 11.1 Å². The third kappa shape index (κ3) is 3.36. The number of phenolic OH excluding ortho intramolecular Hbond substituents is 1. The van der Waals surface area contributed by atoms with Crippen molar-refractivity contribution in [3.63, 3.8) is 0 Å². The summed E-state index contributed by atoms with van der Waals surface area (Å²) in [5.41, 5.74) is 5.18. The number of nitrogens with two attached hydrogens (primary N) is 1. The average Bonchev–Trinajstić information content (AvgIpc) is 2.38. The molecule has 0 saturated carbocycles. The summed E-state index contributed by atoms with van der Waals surface area (Å²) in [6, 6.07) is 4.19. The second-order valence-electron chi connectivity index (χ2n) is 4.27. The Balaban J connectivity index is 3.07. The standard InChI is InChI=1S/C13H17ClN2O2S/c1-3-13(4-2,12(15)19)16-11(18)9-7-8(17)5-6-10(9)14/h5-7,17H,3-4H2,1-2H3,(H2,15,19)(H,16,18). The molecular formula is C13H17ClN2O2S. The first-order valence-electron chi connectivity index (χ1n) is 5.97. The number of nitrogens with one attached hydrogen (secondary N) is 1. The summed E-state index contributed by atoms with van der Waals surface area (Å²) in [5, 5.41) is 12.5. The van der Waals surface area contributed by atoms with E-state index in [0.717, 1.165) is 0 Å². The number of benzene rings is 1. The van der Waals surface area contributed by atoms with Crippen molar-refractivity contribution in [2.24, 2.45) is 5.73 Å². The molecule has 0 aromatic heterocycles. The molecule has 6 heteroatoms. The van der Waals surface area contributed by atoms with Crippen molar-refractivity contribution < 1.29 is 9.90 Å². The van der Waals surface area contributed by atoms with E-state index in [1.165, 1.54) is 18.2 Å². The Morgan fingerprint density at radius 1 is 1.47 bits per heavy atom. The number of rotatable bonds is 5. The van der Waals surface area contributed by atoms with Crippen molar-refractivity contribution in [3.8, 4) is 5.75 Å². The lowest BCUT2D eigenvalue weighted by Gasteiger charge is -2.31. The number of hydrogen-bond acceptors (Lipinski definition) is 3. The second kappa shape index (κ2) is 6.21. The predicted molar refractivity (Wildman–Crippen MR) is 80.7 cm³/mol. The molecule has 0 radical (unpaired) electrons. The van der Waals surface area contributed by atoms with E-state index in [1.807, 2.05) is 13.8 Å². The molecule has 19 heavy (non-hydrogen) atoms. The average molecular weight is 301 g/mol. The lowest BCUT2D eigenvalue weighted by Crippen LogP contribution is -2.56. The molecular weight excluding hydrogens is 284 g/mol. The molecule has 104 valence electrons. The maximum Gasteiger partial charge on any atom is 0.253 e. The fourth-order valence-electron chi connectivity index (χ4n) is 1.81. The van der Waals surface area contributed by atoms with E-state index >= 15 is 0 Å². The minimum absolute atomic E-state index is 0.0246. The Morgan fingerprint density at radius 3 is 2.53 bits per heavy atom. The summed E-state index contributed by atoms with van der Waals surface area (Å²) in [7, 11) is 0. The molecule has 0 unspecified atom stereocenters. The maximum atomic E-state index is 12.2. The molecule has 0 aliphatic heterocycles. The van der Waals surface area contributed by atoms with Crippen LogP contribution >= 0.6 is 23.8 Å². The van der Waals surface area contributed by atoms with E-state index in [1.54, 1.807) is 0 Å². The van der Waals surface area contributed by atoms with Gasteiger partial charge in [0.05, 0.1) is 21.1 Å². The number of amides is 1. The molecule has 4 N–H and O–H groups in total. The zero-order valence-corrected chi connectivity index (χ0v) is 12.4. The van der Waals surface area contributed by atoms with Crippen LogP contribution in [0, 0.1) is 0 Å². The van der Waals surface area contributed by atoms with Crippen molar-refractivity contribution in [1.29, 1.82) is 0 Å². The quantitative estimate of drug-likeness (QED) is 0.731. The summed E-state index contributed by atoms with van der Waals surface area (Å²) in [6.45, 7) is 3.79. The predicted octanol–water partition coefficient (Wildman–Crippen LogP) is 2.62. The Hall–Kier alpha value is -1.33. The lowest BCUT2D eigenvalue weighted by molar-refractivity contribution is 0.0919. The van der Waals surface area contributed by atoms with Gasteiger partial charge in [-0.15, -0.1) is 0 Å². The smallest absolute Gasteiger partial charge is 0.253 e. The normalized spacial score (nSPS) is 11.1. The molecule has 0 aliphatic rings. The van der Waals surface area contributed by atoms with Crippen molar-refractivity contribution in [2.45, 2.75) is 32.2 Å². The molecule has 1 rings (SSSR count). The SMILES string of the molecule is CCC(CC)(NC(=O)c1cc(O)ccc1Cl)C(N)=S. The number of thiocarbonyl (C=S) groups is 1. The molecule has 0 bridgehead atoms. The van der Waals surface area contributed by atoms with Crippen LogP contribution in [-0.4, -0.2) is 21.5 Å². The third-order valence-corrected chi connectivity index (χ3v) is 3.95. The van der Waals surface area contributed by atoms with E-state index in [2.05, 4.69) is 5.32 Å². The number of phenols is 1. The van der Waals surface area contributed by atoms with Gasteiger partial charge in [0, 0.05) is 0 Å². The highest BCUT2D eigenvalue weighted by Crippen LogP contribution is 2.23. The molecule has 1 aromatic carbocycles. The molecule has 1 aromatic rings. The van der Waals surface area contributed by atoms with E-state index in [-0.39, 0.29) is 21.3 Å². The van der Waals surface area contributed by atoms with Crippen molar-refractivity contribution in [2.75, 3.05) is 0 Å². The minimum atomic E-state index is -0.735. The van der Waals surface area contributed by atoms with Gasteiger partial charge in [-0.3, -0.25) is 4.79 Å². The molecule has 4 nitrogen and oxygen atoms in total. The third-order valence-electron chi connectivity index (χ3n) is 3.23. The topological polar surface area (TPSA) is 75.3 Å². The summed E-state index contributed by atoms with van der Waals surface area (Å²) in [5.74, 6) is -0.430. The van der Waals surface area contributed by atoms with Crippen molar-refractivity contribution in [1.82, 2.24) is 5.32 Å². The first-order valence-corrected chi connectivity index (χ1v) is 6.76. The van der Waals surface area contributed by atoms with Gasteiger partial charge in [0.25, 0.3) is 5.91 Å². The second-order valence-corrected chi connectivity index (χ2v) is 5.12. The highest BCUT2D eigenvalue weighted by molar-refractivity contribution is 7.80. The highest BCUT2D eigenvalue weighted by Gasteiger charge is 2.32. The molecule has 0 atom stereocenters. The van der Waals surface area contributed by atoms with Crippen molar-refractivity contribution in [3.05, 3.63) is 28.8 Å². The molecule has 0 spiro atoms. The zero-order chi connectivity index (χ0) is 14.6. The molecule has 0 aliphatic carbocycles. The van der Waals surface area contributed by atoms with Crippen LogP contribution in [-0.2, 0) is 0 Å². The Bertz CT molecular complexity index is 501. The van der Waals surface area contributed by atoms with Gasteiger partial charge in [0.15, 0.2) is 0 Å². The summed E-state index contributed by atoms with van der Waals surface area (Å²) in [6.07, 6.45) is 1.17. The number of aromatic hydroxyl groups is 1. The van der Waals surface area contributed by atoms with Crippen LogP contribution in [0.15, 0.2) is 18.2 Å². The van der Waals surface area contributed by atoms with Crippen LogP contribution in [0.5, 0.6) is 5.75 Å².